The lowest BCUT2D eigenvalue weighted by Gasteiger charge is -2.34. The highest BCUT2D eigenvalue weighted by atomic mass is 19.3. The summed E-state index contributed by atoms with van der Waals surface area (Å²) < 4.78 is 25.4. The highest BCUT2D eigenvalue weighted by Gasteiger charge is 2.40. The second-order valence-corrected chi connectivity index (χ2v) is 4.05. The first-order valence-corrected chi connectivity index (χ1v) is 3.79. The molecule has 0 saturated heterocycles. The minimum Gasteiger partial charge on any atom is -0.207 e. The zero-order valence-corrected chi connectivity index (χ0v) is 6.58. The molecule has 0 atom stereocenters. The standard InChI is InChI=1S/C8H14F2/c1-7(2)4-3-5-8(9,10)6-7/h3-6H2,1-2H3. The van der Waals surface area contributed by atoms with Gasteiger partial charge in [0.15, 0.2) is 0 Å². The van der Waals surface area contributed by atoms with Crippen LogP contribution in [0.1, 0.15) is 39.5 Å². The van der Waals surface area contributed by atoms with Crippen LogP contribution in [0.4, 0.5) is 8.78 Å². The van der Waals surface area contributed by atoms with E-state index < -0.39 is 5.92 Å². The van der Waals surface area contributed by atoms with Crippen molar-refractivity contribution in [1.82, 2.24) is 0 Å². The van der Waals surface area contributed by atoms with Gasteiger partial charge in [0, 0.05) is 12.8 Å². The highest BCUT2D eigenvalue weighted by Crippen LogP contribution is 2.43. The van der Waals surface area contributed by atoms with E-state index in [1.54, 1.807) is 0 Å². The van der Waals surface area contributed by atoms with Gasteiger partial charge in [-0.1, -0.05) is 13.8 Å². The van der Waals surface area contributed by atoms with Crippen LogP contribution < -0.4 is 0 Å². The van der Waals surface area contributed by atoms with Gasteiger partial charge in [-0.25, -0.2) is 8.78 Å². The summed E-state index contributed by atoms with van der Waals surface area (Å²) in [4.78, 5) is 0. The van der Waals surface area contributed by atoms with Crippen LogP contribution in [0, 0.1) is 5.41 Å². The predicted octanol–water partition coefficient (Wildman–Crippen LogP) is 3.22. The summed E-state index contributed by atoms with van der Waals surface area (Å²) in [5.41, 5.74) is -0.137. The molecule has 1 saturated carbocycles. The SMILES string of the molecule is CC1(C)CCCC(F)(F)C1. The maximum atomic E-state index is 12.7. The summed E-state index contributed by atoms with van der Waals surface area (Å²) in [6.07, 6.45) is 1.79. The Morgan fingerprint density at radius 2 is 1.70 bits per heavy atom. The molecule has 0 amide bonds. The third-order valence-electron chi connectivity index (χ3n) is 2.13. The Labute approximate surface area is 60.6 Å². The Morgan fingerprint density at radius 1 is 1.10 bits per heavy atom. The second kappa shape index (κ2) is 2.18. The lowest BCUT2D eigenvalue weighted by molar-refractivity contribution is -0.0727. The van der Waals surface area contributed by atoms with Crippen molar-refractivity contribution < 1.29 is 8.78 Å². The lowest BCUT2D eigenvalue weighted by atomic mass is 9.76. The third kappa shape index (κ3) is 1.93. The zero-order chi connectivity index (χ0) is 7.83. The van der Waals surface area contributed by atoms with Gasteiger partial charge >= 0.3 is 0 Å². The fourth-order valence-electron chi connectivity index (χ4n) is 1.70. The second-order valence-electron chi connectivity index (χ2n) is 4.05. The van der Waals surface area contributed by atoms with Crippen molar-refractivity contribution in [2.24, 2.45) is 5.41 Å². The molecule has 60 valence electrons. The van der Waals surface area contributed by atoms with E-state index in [-0.39, 0.29) is 18.3 Å². The molecule has 0 aromatic heterocycles. The van der Waals surface area contributed by atoms with Crippen LogP contribution in [0.2, 0.25) is 0 Å². The Kier molecular flexibility index (Phi) is 1.73. The van der Waals surface area contributed by atoms with Gasteiger partial charge in [0.1, 0.15) is 0 Å². The molecule has 0 nitrogen and oxygen atoms in total. The maximum Gasteiger partial charge on any atom is 0.248 e. The monoisotopic (exact) mass is 148 g/mol. The van der Waals surface area contributed by atoms with Crippen LogP contribution in [-0.2, 0) is 0 Å². The quantitative estimate of drug-likeness (QED) is 0.494. The molecule has 0 spiro atoms. The van der Waals surface area contributed by atoms with E-state index >= 15 is 0 Å². The summed E-state index contributed by atoms with van der Waals surface area (Å²) in [6, 6.07) is 0. The molecule has 1 fully saturated rings. The molecule has 0 unspecified atom stereocenters. The molecule has 0 N–H and O–H groups in total. The number of rotatable bonds is 0. The average molecular weight is 148 g/mol. The molecule has 0 radical (unpaired) electrons. The summed E-state index contributed by atoms with van der Waals surface area (Å²) in [5, 5.41) is 0. The first-order chi connectivity index (χ1) is 4.41. The Bertz CT molecular complexity index is 113. The third-order valence-corrected chi connectivity index (χ3v) is 2.13. The maximum absolute atomic E-state index is 12.7. The van der Waals surface area contributed by atoms with Gasteiger partial charge in [0.2, 0.25) is 5.92 Å². The van der Waals surface area contributed by atoms with Gasteiger partial charge in [-0.3, -0.25) is 0 Å². The molecule has 0 heterocycles. The minimum absolute atomic E-state index is 0.0694. The first-order valence-electron chi connectivity index (χ1n) is 3.79. The molecular formula is C8H14F2. The average Bonchev–Trinajstić information content (AvgIpc) is 1.56. The number of halogens is 2. The fraction of sp³-hybridized carbons (Fsp3) is 1.00. The molecule has 2 heteroatoms. The van der Waals surface area contributed by atoms with Gasteiger partial charge in [0.25, 0.3) is 0 Å². The molecule has 0 aromatic rings. The Balaban J connectivity index is 2.56. The topological polar surface area (TPSA) is 0 Å². The van der Waals surface area contributed by atoms with E-state index in [9.17, 15) is 8.78 Å². The van der Waals surface area contributed by atoms with Crippen molar-refractivity contribution in [3.05, 3.63) is 0 Å². The van der Waals surface area contributed by atoms with Crippen molar-refractivity contribution in [3.63, 3.8) is 0 Å². The number of hydrogen-bond acceptors (Lipinski definition) is 0. The summed E-state index contributed by atoms with van der Waals surface area (Å²) >= 11 is 0. The van der Waals surface area contributed by atoms with Crippen molar-refractivity contribution in [2.45, 2.75) is 45.5 Å². The molecular weight excluding hydrogens is 134 g/mol. The van der Waals surface area contributed by atoms with Crippen LogP contribution >= 0.6 is 0 Å². The molecule has 0 aliphatic heterocycles. The molecule has 1 aliphatic carbocycles. The zero-order valence-electron chi connectivity index (χ0n) is 6.58. The molecule has 0 bridgehead atoms. The van der Waals surface area contributed by atoms with Crippen LogP contribution in [0.5, 0.6) is 0 Å². The highest BCUT2D eigenvalue weighted by molar-refractivity contribution is 4.83. The molecule has 10 heavy (non-hydrogen) atoms. The van der Waals surface area contributed by atoms with Gasteiger partial charge in [-0.05, 0) is 18.3 Å². The summed E-state index contributed by atoms with van der Waals surface area (Å²) in [6.45, 7) is 3.83. The molecule has 1 aliphatic rings. The minimum atomic E-state index is -2.39. The molecule has 0 aromatic carbocycles. The van der Waals surface area contributed by atoms with Crippen molar-refractivity contribution >= 4 is 0 Å². The first kappa shape index (κ1) is 7.96. The van der Waals surface area contributed by atoms with Gasteiger partial charge in [-0.15, -0.1) is 0 Å². The van der Waals surface area contributed by atoms with E-state index in [2.05, 4.69) is 0 Å². The van der Waals surface area contributed by atoms with Crippen LogP contribution in [0.3, 0.4) is 0 Å². The van der Waals surface area contributed by atoms with Gasteiger partial charge < -0.3 is 0 Å². The van der Waals surface area contributed by atoms with Crippen LogP contribution in [0.15, 0.2) is 0 Å². The lowest BCUT2D eigenvalue weighted by Crippen LogP contribution is -2.31. The summed E-state index contributed by atoms with van der Waals surface area (Å²) in [7, 11) is 0. The fourth-order valence-corrected chi connectivity index (χ4v) is 1.70. The molecule has 1 rings (SSSR count). The van der Waals surface area contributed by atoms with E-state index in [4.69, 9.17) is 0 Å². The van der Waals surface area contributed by atoms with Crippen molar-refractivity contribution in [2.75, 3.05) is 0 Å². The predicted molar refractivity (Wildman–Crippen MR) is 37.2 cm³/mol. The normalized spacial score (nSPS) is 30.0. The Morgan fingerprint density at radius 3 is 2.00 bits per heavy atom. The van der Waals surface area contributed by atoms with Crippen molar-refractivity contribution in [3.8, 4) is 0 Å². The number of alkyl halides is 2. The largest absolute Gasteiger partial charge is 0.248 e. The van der Waals surface area contributed by atoms with E-state index in [0.717, 1.165) is 6.42 Å². The van der Waals surface area contributed by atoms with E-state index in [1.807, 2.05) is 13.8 Å². The number of hydrogen-bond donors (Lipinski definition) is 0. The van der Waals surface area contributed by atoms with Gasteiger partial charge in [0.05, 0.1) is 0 Å². The van der Waals surface area contributed by atoms with E-state index in [0.29, 0.717) is 6.42 Å². The Hall–Kier alpha value is -0.140. The smallest absolute Gasteiger partial charge is 0.207 e. The van der Waals surface area contributed by atoms with E-state index in [1.165, 1.54) is 0 Å². The summed E-state index contributed by atoms with van der Waals surface area (Å²) in [5.74, 6) is -2.39. The van der Waals surface area contributed by atoms with Gasteiger partial charge in [-0.2, -0.15) is 0 Å². The van der Waals surface area contributed by atoms with Crippen molar-refractivity contribution in [1.29, 1.82) is 0 Å². The van der Waals surface area contributed by atoms with Crippen LogP contribution in [-0.4, -0.2) is 5.92 Å². The van der Waals surface area contributed by atoms with Crippen LogP contribution in [0.25, 0.3) is 0 Å².